The number of ketones is 1. The van der Waals surface area contributed by atoms with Crippen LogP contribution in [0.25, 0.3) is 11.3 Å². The zero-order valence-electron chi connectivity index (χ0n) is 17.4. The summed E-state index contributed by atoms with van der Waals surface area (Å²) < 4.78 is 7.73. The Kier molecular flexibility index (Phi) is 6.61. The second-order valence-corrected chi connectivity index (χ2v) is 8.05. The Hall–Kier alpha value is -3.51. The van der Waals surface area contributed by atoms with Crippen LogP contribution in [0.3, 0.4) is 0 Å². The van der Waals surface area contributed by atoms with Crippen LogP contribution in [0.2, 0.25) is 0 Å². The van der Waals surface area contributed by atoms with E-state index < -0.39 is 12.0 Å². The van der Waals surface area contributed by atoms with Crippen LogP contribution in [0, 0.1) is 0 Å². The van der Waals surface area contributed by atoms with Crippen molar-refractivity contribution >= 4 is 27.7 Å². The number of rotatable bonds is 7. The van der Waals surface area contributed by atoms with E-state index in [0.29, 0.717) is 11.3 Å². The molecule has 6 heteroatoms. The normalized spacial score (nSPS) is 11.7. The number of nitrogens with zero attached hydrogens (tertiary/aromatic N) is 2. The van der Waals surface area contributed by atoms with Gasteiger partial charge in [0.15, 0.2) is 11.5 Å². The van der Waals surface area contributed by atoms with Crippen LogP contribution in [-0.4, -0.2) is 28.1 Å². The molecule has 0 radical (unpaired) electrons. The summed E-state index contributed by atoms with van der Waals surface area (Å²) in [7, 11) is 0. The maximum Gasteiger partial charge on any atom is 0.358 e. The summed E-state index contributed by atoms with van der Waals surface area (Å²) in [6, 6.07) is 27.1. The van der Waals surface area contributed by atoms with E-state index in [1.165, 1.54) is 0 Å². The fourth-order valence-electron chi connectivity index (χ4n) is 3.53. The first-order valence-corrected chi connectivity index (χ1v) is 11.0. The molecule has 4 aromatic rings. The summed E-state index contributed by atoms with van der Waals surface area (Å²) in [6.07, 6.45) is 0. The second-order valence-electron chi connectivity index (χ2n) is 7.13. The summed E-state index contributed by atoms with van der Waals surface area (Å²) in [6.45, 7) is 1.99. The highest BCUT2D eigenvalue weighted by Crippen LogP contribution is 2.31. The topological polar surface area (TPSA) is 61.2 Å². The predicted molar refractivity (Wildman–Crippen MR) is 127 cm³/mol. The molecule has 3 aromatic carbocycles. The third-order valence-electron chi connectivity index (χ3n) is 5.03. The van der Waals surface area contributed by atoms with Gasteiger partial charge in [0.25, 0.3) is 0 Å². The van der Waals surface area contributed by atoms with E-state index in [-0.39, 0.29) is 18.1 Å². The summed E-state index contributed by atoms with van der Waals surface area (Å²) >= 11 is 3.45. The van der Waals surface area contributed by atoms with Crippen LogP contribution < -0.4 is 0 Å². The number of hydrogen-bond donors (Lipinski definition) is 0. The van der Waals surface area contributed by atoms with Crippen LogP contribution in [0.1, 0.15) is 39.4 Å². The molecule has 5 nitrogen and oxygen atoms in total. The molecule has 0 saturated carbocycles. The zero-order chi connectivity index (χ0) is 22.5. The lowest BCUT2D eigenvalue weighted by Gasteiger charge is -2.20. The lowest BCUT2D eigenvalue weighted by atomic mass is 9.97. The molecule has 1 atom stereocenters. The van der Waals surface area contributed by atoms with Gasteiger partial charge in [0.1, 0.15) is 6.04 Å². The Morgan fingerprint density at radius 3 is 2.19 bits per heavy atom. The van der Waals surface area contributed by atoms with Crippen LogP contribution in [-0.2, 0) is 4.74 Å². The van der Waals surface area contributed by atoms with E-state index in [2.05, 4.69) is 21.0 Å². The quantitative estimate of drug-likeness (QED) is 0.237. The van der Waals surface area contributed by atoms with Gasteiger partial charge < -0.3 is 4.74 Å². The number of carbonyl (C=O) groups is 2. The van der Waals surface area contributed by atoms with Crippen molar-refractivity contribution in [3.8, 4) is 11.3 Å². The van der Waals surface area contributed by atoms with Crippen LogP contribution >= 0.6 is 15.9 Å². The molecular formula is C26H21BrN2O3. The van der Waals surface area contributed by atoms with Gasteiger partial charge in [0.2, 0.25) is 0 Å². The molecule has 4 rings (SSSR count). The largest absolute Gasteiger partial charge is 0.461 e. The van der Waals surface area contributed by atoms with E-state index >= 15 is 0 Å². The van der Waals surface area contributed by atoms with E-state index in [4.69, 9.17) is 4.74 Å². The van der Waals surface area contributed by atoms with E-state index in [0.717, 1.165) is 15.6 Å². The average Bonchev–Trinajstić information content (AvgIpc) is 3.26. The number of hydrogen-bond acceptors (Lipinski definition) is 4. The van der Waals surface area contributed by atoms with Gasteiger partial charge in [-0.05, 0) is 36.2 Å². The Balaban J connectivity index is 1.92. The number of esters is 1. The summed E-state index contributed by atoms with van der Waals surface area (Å²) in [5.74, 6) is -0.641. The predicted octanol–water partition coefficient (Wildman–Crippen LogP) is 5.96. The first kappa shape index (κ1) is 21.7. The molecule has 1 aromatic heterocycles. The summed E-state index contributed by atoms with van der Waals surface area (Å²) in [4.78, 5) is 26.2. The number of benzene rings is 3. The molecule has 0 aliphatic heterocycles. The highest BCUT2D eigenvalue weighted by atomic mass is 79.9. The van der Waals surface area contributed by atoms with Crippen LogP contribution in [0.15, 0.2) is 95.5 Å². The molecule has 1 unspecified atom stereocenters. The van der Waals surface area contributed by atoms with Crippen molar-refractivity contribution in [2.45, 2.75) is 13.0 Å². The van der Waals surface area contributed by atoms with Gasteiger partial charge in [0.05, 0.1) is 12.3 Å². The molecule has 0 aliphatic carbocycles. The number of carbonyl (C=O) groups excluding carboxylic acids is 2. The van der Waals surface area contributed by atoms with Crippen molar-refractivity contribution in [2.24, 2.45) is 0 Å². The van der Waals surface area contributed by atoms with Crippen molar-refractivity contribution in [3.63, 3.8) is 0 Å². The molecule has 0 spiro atoms. The van der Waals surface area contributed by atoms with Crippen LogP contribution in [0.5, 0.6) is 0 Å². The molecule has 32 heavy (non-hydrogen) atoms. The van der Waals surface area contributed by atoms with Crippen molar-refractivity contribution < 1.29 is 14.3 Å². The molecule has 0 bridgehead atoms. The number of ether oxygens (including phenoxy) is 1. The highest BCUT2D eigenvalue weighted by molar-refractivity contribution is 9.10. The fraction of sp³-hybridized carbons (Fsp3) is 0.115. The Bertz CT molecular complexity index is 1220. The van der Waals surface area contributed by atoms with Gasteiger partial charge >= 0.3 is 5.97 Å². The zero-order valence-corrected chi connectivity index (χ0v) is 19.0. The first-order valence-electron chi connectivity index (χ1n) is 10.2. The van der Waals surface area contributed by atoms with Gasteiger partial charge in [-0.1, -0.05) is 88.7 Å². The van der Waals surface area contributed by atoms with Gasteiger partial charge in [-0.15, -0.1) is 0 Å². The van der Waals surface area contributed by atoms with E-state index in [9.17, 15) is 9.59 Å². The standard InChI is InChI=1S/C26H21BrN2O3/c1-2-32-26(31)22-17-23(18-13-15-21(27)16-14-18)29(28-22)24(19-9-5-3-6-10-19)25(30)20-11-7-4-8-12-20/h3-17,24H,2H2,1H3. The van der Waals surface area contributed by atoms with Gasteiger partial charge in [0, 0.05) is 10.0 Å². The molecule has 1 heterocycles. The van der Waals surface area contributed by atoms with Crippen molar-refractivity contribution in [1.82, 2.24) is 9.78 Å². The first-order chi connectivity index (χ1) is 15.6. The lowest BCUT2D eigenvalue weighted by molar-refractivity contribution is 0.0517. The fourth-order valence-corrected chi connectivity index (χ4v) is 3.80. The van der Waals surface area contributed by atoms with Crippen molar-refractivity contribution in [3.05, 3.63) is 112 Å². The van der Waals surface area contributed by atoms with Crippen molar-refractivity contribution in [1.29, 1.82) is 0 Å². The smallest absolute Gasteiger partial charge is 0.358 e. The monoisotopic (exact) mass is 488 g/mol. The Labute approximate surface area is 194 Å². The minimum absolute atomic E-state index is 0.117. The number of aromatic nitrogens is 2. The average molecular weight is 489 g/mol. The lowest BCUT2D eigenvalue weighted by Crippen LogP contribution is -2.23. The third kappa shape index (κ3) is 4.55. The maximum atomic E-state index is 13.7. The number of halogens is 1. The molecule has 0 amide bonds. The highest BCUT2D eigenvalue weighted by Gasteiger charge is 2.29. The summed E-state index contributed by atoms with van der Waals surface area (Å²) in [5, 5.41) is 4.56. The number of Topliss-reactive ketones (excluding diaryl/α,β-unsaturated/α-hetero) is 1. The van der Waals surface area contributed by atoms with E-state index in [1.54, 1.807) is 29.8 Å². The maximum absolute atomic E-state index is 13.7. The molecule has 0 aliphatic rings. The SMILES string of the molecule is CCOC(=O)c1cc(-c2ccc(Br)cc2)n(C(C(=O)c2ccccc2)c2ccccc2)n1. The molecule has 160 valence electrons. The molecular weight excluding hydrogens is 468 g/mol. The van der Waals surface area contributed by atoms with Gasteiger partial charge in [-0.25, -0.2) is 9.48 Å². The molecule has 0 saturated heterocycles. The van der Waals surface area contributed by atoms with E-state index in [1.807, 2.05) is 72.8 Å². The molecule has 0 N–H and O–H groups in total. The van der Waals surface area contributed by atoms with Crippen LogP contribution in [0.4, 0.5) is 0 Å². The Morgan fingerprint density at radius 1 is 0.938 bits per heavy atom. The molecule has 0 fully saturated rings. The second kappa shape index (κ2) is 9.75. The minimum Gasteiger partial charge on any atom is -0.461 e. The van der Waals surface area contributed by atoms with Crippen molar-refractivity contribution in [2.75, 3.05) is 6.61 Å². The third-order valence-corrected chi connectivity index (χ3v) is 5.56. The Morgan fingerprint density at radius 2 is 1.56 bits per heavy atom. The minimum atomic E-state index is -0.750. The van der Waals surface area contributed by atoms with Gasteiger partial charge in [-0.2, -0.15) is 5.10 Å². The van der Waals surface area contributed by atoms with Gasteiger partial charge in [-0.3, -0.25) is 4.79 Å². The summed E-state index contributed by atoms with van der Waals surface area (Å²) in [5.41, 5.74) is 2.98.